The molecule has 3 atom stereocenters. The Morgan fingerprint density at radius 1 is 1.15 bits per heavy atom. The van der Waals surface area contributed by atoms with E-state index in [0.717, 1.165) is 22.9 Å². The van der Waals surface area contributed by atoms with Crippen LogP contribution < -0.4 is 5.73 Å². The average Bonchev–Trinajstić information content (AvgIpc) is 2.94. The predicted octanol–water partition coefficient (Wildman–Crippen LogP) is 4.10. The van der Waals surface area contributed by atoms with E-state index in [1.807, 2.05) is 0 Å². The number of hydrogen-bond acceptors (Lipinski definition) is 2. The summed E-state index contributed by atoms with van der Waals surface area (Å²) in [5.74, 6) is 0.979. The predicted molar refractivity (Wildman–Crippen MR) is 87.6 cm³/mol. The summed E-state index contributed by atoms with van der Waals surface area (Å²) < 4.78 is 1.12. The van der Waals surface area contributed by atoms with Crippen molar-refractivity contribution in [2.75, 3.05) is 13.1 Å². The van der Waals surface area contributed by atoms with Crippen LogP contribution in [0.5, 0.6) is 0 Å². The van der Waals surface area contributed by atoms with Gasteiger partial charge in [0.15, 0.2) is 0 Å². The molecular weight excluding hydrogens is 312 g/mol. The summed E-state index contributed by atoms with van der Waals surface area (Å²) in [6.07, 6.45) is 8.22. The molecule has 110 valence electrons. The topological polar surface area (TPSA) is 29.3 Å². The zero-order valence-electron chi connectivity index (χ0n) is 12.1. The number of nitrogens with two attached hydrogens (primary N) is 1. The van der Waals surface area contributed by atoms with Crippen molar-refractivity contribution in [3.63, 3.8) is 0 Å². The fourth-order valence-corrected chi connectivity index (χ4v) is 4.28. The smallest absolute Gasteiger partial charge is 0.0307 e. The summed E-state index contributed by atoms with van der Waals surface area (Å²) in [4.78, 5) is 2.72. The molecule has 1 aliphatic carbocycles. The van der Waals surface area contributed by atoms with Gasteiger partial charge in [-0.1, -0.05) is 34.5 Å². The quantitative estimate of drug-likeness (QED) is 0.896. The molecular formula is C17H25BrN2. The molecule has 3 unspecified atom stereocenters. The van der Waals surface area contributed by atoms with E-state index in [4.69, 9.17) is 5.73 Å². The van der Waals surface area contributed by atoms with E-state index in [1.165, 1.54) is 50.8 Å². The van der Waals surface area contributed by atoms with E-state index in [1.54, 1.807) is 0 Å². The Kier molecular flexibility index (Phi) is 4.79. The van der Waals surface area contributed by atoms with Crippen molar-refractivity contribution in [1.82, 2.24) is 4.90 Å². The van der Waals surface area contributed by atoms with Gasteiger partial charge in [0, 0.05) is 23.1 Å². The standard InChI is InChI=1S/C17H25BrN2/c18-15-8-6-13(7-9-15)16(19)10-12-20-11-2-4-14-3-1-5-17(14)20/h6-9,14,16-17H,1-5,10-12,19H2. The van der Waals surface area contributed by atoms with Crippen molar-refractivity contribution in [2.45, 2.75) is 50.6 Å². The van der Waals surface area contributed by atoms with Crippen molar-refractivity contribution in [3.8, 4) is 0 Å². The minimum absolute atomic E-state index is 0.171. The van der Waals surface area contributed by atoms with Gasteiger partial charge in [0.2, 0.25) is 0 Å². The lowest BCUT2D eigenvalue weighted by Gasteiger charge is -2.38. The Labute approximate surface area is 130 Å². The van der Waals surface area contributed by atoms with Crippen LogP contribution in [0.3, 0.4) is 0 Å². The van der Waals surface area contributed by atoms with Crippen LogP contribution in [0.15, 0.2) is 28.7 Å². The fraction of sp³-hybridized carbons (Fsp3) is 0.647. The van der Waals surface area contributed by atoms with E-state index in [0.29, 0.717) is 0 Å². The van der Waals surface area contributed by atoms with Gasteiger partial charge in [0.1, 0.15) is 0 Å². The third-order valence-electron chi connectivity index (χ3n) is 5.13. The molecule has 2 N–H and O–H groups in total. The molecule has 0 aromatic heterocycles. The molecule has 1 saturated carbocycles. The molecule has 1 aromatic carbocycles. The van der Waals surface area contributed by atoms with Gasteiger partial charge in [-0.2, -0.15) is 0 Å². The summed E-state index contributed by atoms with van der Waals surface area (Å²) in [6, 6.07) is 9.49. The highest BCUT2D eigenvalue weighted by Crippen LogP contribution is 2.37. The van der Waals surface area contributed by atoms with E-state index < -0.39 is 0 Å². The Bertz CT molecular complexity index is 431. The van der Waals surface area contributed by atoms with Crippen LogP contribution in [0.25, 0.3) is 0 Å². The van der Waals surface area contributed by atoms with Crippen molar-refractivity contribution >= 4 is 15.9 Å². The molecule has 0 amide bonds. The summed E-state index contributed by atoms with van der Waals surface area (Å²) in [5, 5.41) is 0. The molecule has 3 rings (SSSR count). The van der Waals surface area contributed by atoms with Gasteiger partial charge in [-0.05, 0) is 62.3 Å². The minimum atomic E-state index is 0.171. The maximum absolute atomic E-state index is 6.36. The first kappa shape index (κ1) is 14.6. The van der Waals surface area contributed by atoms with Crippen LogP contribution in [-0.4, -0.2) is 24.0 Å². The molecule has 2 nitrogen and oxygen atoms in total. The second-order valence-corrected chi connectivity index (χ2v) is 7.30. The molecule has 1 aromatic rings. The van der Waals surface area contributed by atoms with Crippen LogP contribution in [0.2, 0.25) is 0 Å². The molecule has 1 aliphatic heterocycles. The van der Waals surface area contributed by atoms with Crippen LogP contribution in [-0.2, 0) is 0 Å². The number of rotatable bonds is 4. The van der Waals surface area contributed by atoms with Crippen molar-refractivity contribution < 1.29 is 0 Å². The second kappa shape index (κ2) is 6.59. The average molecular weight is 337 g/mol. The number of hydrogen-bond donors (Lipinski definition) is 1. The van der Waals surface area contributed by atoms with Crippen LogP contribution in [0, 0.1) is 5.92 Å². The summed E-state index contributed by atoms with van der Waals surface area (Å²) in [7, 11) is 0. The Hall–Kier alpha value is -0.380. The first-order chi connectivity index (χ1) is 9.74. The number of nitrogens with zero attached hydrogens (tertiary/aromatic N) is 1. The van der Waals surface area contributed by atoms with Crippen LogP contribution >= 0.6 is 15.9 Å². The maximum Gasteiger partial charge on any atom is 0.0307 e. The summed E-state index contributed by atoms with van der Waals surface area (Å²) in [5.41, 5.74) is 7.62. The van der Waals surface area contributed by atoms with Gasteiger partial charge in [0.25, 0.3) is 0 Å². The third-order valence-corrected chi connectivity index (χ3v) is 5.66. The molecule has 0 bridgehead atoms. The monoisotopic (exact) mass is 336 g/mol. The van der Waals surface area contributed by atoms with Crippen molar-refractivity contribution in [1.29, 1.82) is 0 Å². The molecule has 0 radical (unpaired) electrons. The van der Waals surface area contributed by atoms with E-state index >= 15 is 0 Å². The Morgan fingerprint density at radius 2 is 1.90 bits per heavy atom. The lowest BCUT2D eigenvalue weighted by Crippen LogP contribution is -2.43. The first-order valence-corrected chi connectivity index (χ1v) is 8.78. The SMILES string of the molecule is NC(CCN1CCCC2CCCC21)c1ccc(Br)cc1. The van der Waals surface area contributed by atoms with E-state index in [2.05, 4.69) is 45.1 Å². The highest BCUT2D eigenvalue weighted by Gasteiger charge is 2.34. The molecule has 1 heterocycles. The van der Waals surface area contributed by atoms with Crippen molar-refractivity contribution in [3.05, 3.63) is 34.3 Å². The van der Waals surface area contributed by atoms with Crippen molar-refractivity contribution in [2.24, 2.45) is 11.7 Å². The Balaban J connectivity index is 1.54. The van der Waals surface area contributed by atoms with Crippen LogP contribution in [0.4, 0.5) is 0 Å². The first-order valence-electron chi connectivity index (χ1n) is 7.99. The van der Waals surface area contributed by atoms with Gasteiger partial charge < -0.3 is 10.6 Å². The number of benzene rings is 1. The molecule has 2 aliphatic rings. The van der Waals surface area contributed by atoms with Gasteiger partial charge in [-0.15, -0.1) is 0 Å². The number of fused-ring (bicyclic) bond motifs is 1. The van der Waals surface area contributed by atoms with Gasteiger partial charge in [-0.3, -0.25) is 0 Å². The third kappa shape index (κ3) is 3.26. The molecule has 1 saturated heterocycles. The zero-order chi connectivity index (χ0) is 13.9. The van der Waals surface area contributed by atoms with E-state index in [-0.39, 0.29) is 6.04 Å². The number of halogens is 1. The lowest BCUT2D eigenvalue weighted by atomic mass is 9.91. The molecule has 2 fully saturated rings. The highest BCUT2D eigenvalue weighted by molar-refractivity contribution is 9.10. The van der Waals surface area contributed by atoms with E-state index in [9.17, 15) is 0 Å². The summed E-state index contributed by atoms with van der Waals surface area (Å²) in [6.45, 7) is 2.45. The zero-order valence-corrected chi connectivity index (χ0v) is 13.7. The minimum Gasteiger partial charge on any atom is -0.324 e. The second-order valence-electron chi connectivity index (χ2n) is 6.38. The normalized spacial score (nSPS) is 28.3. The molecule has 20 heavy (non-hydrogen) atoms. The number of likely N-dealkylation sites (tertiary alicyclic amines) is 1. The van der Waals surface area contributed by atoms with Gasteiger partial charge >= 0.3 is 0 Å². The molecule has 3 heteroatoms. The van der Waals surface area contributed by atoms with Gasteiger partial charge in [0.05, 0.1) is 0 Å². The van der Waals surface area contributed by atoms with Gasteiger partial charge in [-0.25, -0.2) is 0 Å². The lowest BCUT2D eigenvalue weighted by molar-refractivity contribution is 0.109. The highest BCUT2D eigenvalue weighted by atomic mass is 79.9. The fourth-order valence-electron chi connectivity index (χ4n) is 4.02. The molecule has 0 spiro atoms. The summed E-state index contributed by atoms with van der Waals surface area (Å²) >= 11 is 3.48. The maximum atomic E-state index is 6.36. The van der Waals surface area contributed by atoms with Crippen LogP contribution in [0.1, 0.15) is 50.1 Å². The Morgan fingerprint density at radius 3 is 2.70 bits per heavy atom. The number of piperidine rings is 1. The largest absolute Gasteiger partial charge is 0.324 e.